The minimum atomic E-state index is -0.284. The monoisotopic (exact) mass is 542 g/mol. The van der Waals surface area contributed by atoms with Crippen molar-refractivity contribution in [3.8, 4) is 5.75 Å². The molecule has 164 valence electrons. The van der Waals surface area contributed by atoms with Crippen molar-refractivity contribution < 1.29 is 9.53 Å². The summed E-state index contributed by atoms with van der Waals surface area (Å²) in [6.45, 7) is 5.04. The number of aliphatic imine (C=N–C) groups is 1. The molecule has 0 saturated heterocycles. The molecule has 0 spiro atoms. The molecule has 0 radical (unpaired) electrons. The van der Waals surface area contributed by atoms with Crippen molar-refractivity contribution in [1.82, 2.24) is 15.5 Å². The SMILES string of the molecule is CN(C)C(=O)CN=C(NCCc1cccs1)NC1CC(C)(C)Oc2ccccc21.I. The molecule has 2 N–H and O–H groups in total. The van der Waals surface area contributed by atoms with Gasteiger partial charge in [-0.15, -0.1) is 35.3 Å². The Kier molecular flexibility index (Phi) is 8.96. The number of rotatable bonds is 6. The van der Waals surface area contributed by atoms with Gasteiger partial charge in [-0.1, -0.05) is 24.3 Å². The molecule has 1 aliphatic rings. The molecule has 2 aromatic rings. The molecule has 1 aromatic carbocycles. The quantitative estimate of drug-likeness (QED) is 0.331. The van der Waals surface area contributed by atoms with Crippen molar-refractivity contribution in [2.75, 3.05) is 27.2 Å². The van der Waals surface area contributed by atoms with Crippen molar-refractivity contribution in [2.45, 2.75) is 38.3 Å². The van der Waals surface area contributed by atoms with E-state index in [0.29, 0.717) is 5.96 Å². The number of likely N-dealkylation sites (N-methyl/N-ethyl adjacent to an activating group) is 1. The minimum Gasteiger partial charge on any atom is -0.487 e. The van der Waals surface area contributed by atoms with Gasteiger partial charge in [0.1, 0.15) is 17.9 Å². The molecule has 1 amide bonds. The topological polar surface area (TPSA) is 66.0 Å². The fraction of sp³-hybridized carbons (Fsp3) is 0.455. The van der Waals surface area contributed by atoms with Gasteiger partial charge in [0.2, 0.25) is 5.91 Å². The number of guanidine groups is 1. The first-order valence-electron chi connectivity index (χ1n) is 9.89. The molecule has 30 heavy (non-hydrogen) atoms. The van der Waals surface area contributed by atoms with Gasteiger partial charge in [-0.3, -0.25) is 4.79 Å². The summed E-state index contributed by atoms with van der Waals surface area (Å²) in [5.74, 6) is 1.51. The van der Waals surface area contributed by atoms with Crippen LogP contribution in [-0.2, 0) is 11.2 Å². The van der Waals surface area contributed by atoms with Crippen LogP contribution in [0.15, 0.2) is 46.8 Å². The molecule has 1 unspecified atom stereocenters. The van der Waals surface area contributed by atoms with Crippen molar-refractivity contribution in [3.63, 3.8) is 0 Å². The minimum absolute atomic E-state index is 0. The highest BCUT2D eigenvalue weighted by molar-refractivity contribution is 14.0. The maximum absolute atomic E-state index is 12.0. The van der Waals surface area contributed by atoms with E-state index in [2.05, 4.69) is 53.1 Å². The van der Waals surface area contributed by atoms with E-state index < -0.39 is 0 Å². The summed E-state index contributed by atoms with van der Waals surface area (Å²) in [6, 6.07) is 12.3. The Morgan fingerprint density at radius 3 is 2.73 bits per heavy atom. The van der Waals surface area contributed by atoms with Gasteiger partial charge >= 0.3 is 0 Å². The molecule has 6 nitrogen and oxygen atoms in total. The lowest BCUT2D eigenvalue weighted by atomic mass is 9.90. The molecule has 8 heteroatoms. The number of thiophene rings is 1. The van der Waals surface area contributed by atoms with E-state index in [1.165, 1.54) is 4.88 Å². The van der Waals surface area contributed by atoms with Crippen molar-refractivity contribution in [3.05, 3.63) is 52.2 Å². The molecule has 0 fully saturated rings. The number of ether oxygens (including phenoxy) is 1. The number of hydrogen-bond acceptors (Lipinski definition) is 4. The van der Waals surface area contributed by atoms with E-state index in [1.54, 1.807) is 30.3 Å². The van der Waals surface area contributed by atoms with Gasteiger partial charge < -0.3 is 20.3 Å². The number of amides is 1. The average Bonchev–Trinajstić information content (AvgIpc) is 3.18. The van der Waals surface area contributed by atoms with E-state index in [4.69, 9.17) is 4.74 Å². The fourth-order valence-corrected chi connectivity index (χ4v) is 4.00. The Hall–Kier alpha value is -1.81. The maximum atomic E-state index is 12.0. The molecule has 1 aliphatic heterocycles. The van der Waals surface area contributed by atoms with Crippen LogP contribution in [0.3, 0.4) is 0 Å². The highest BCUT2D eigenvalue weighted by atomic mass is 127. The Morgan fingerprint density at radius 2 is 2.03 bits per heavy atom. The summed E-state index contributed by atoms with van der Waals surface area (Å²) >= 11 is 1.75. The summed E-state index contributed by atoms with van der Waals surface area (Å²) in [4.78, 5) is 19.5. The first kappa shape index (κ1) is 24.5. The zero-order valence-electron chi connectivity index (χ0n) is 18.0. The van der Waals surface area contributed by atoms with Crippen LogP contribution in [0.25, 0.3) is 0 Å². The van der Waals surface area contributed by atoms with Crippen LogP contribution in [0.4, 0.5) is 0 Å². The van der Waals surface area contributed by atoms with Gasteiger partial charge in [-0.05, 0) is 37.8 Å². The lowest BCUT2D eigenvalue weighted by Gasteiger charge is -2.38. The number of carbonyl (C=O) groups excluding carboxylic acids is 1. The van der Waals surface area contributed by atoms with Crippen molar-refractivity contribution >= 4 is 47.2 Å². The molecule has 0 saturated carbocycles. The van der Waals surface area contributed by atoms with Crippen LogP contribution in [0, 0.1) is 0 Å². The molecule has 1 aromatic heterocycles. The highest BCUT2D eigenvalue weighted by Crippen LogP contribution is 2.39. The smallest absolute Gasteiger partial charge is 0.243 e. The summed E-state index contributed by atoms with van der Waals surface area (Å²) in [7, 11) is 3.48. The van der Waals surface area contributed by atoms with Crippen LogP contribution < -0.4 is 15.4 Å². The summed E-state index contributed by atoms with van der Waals surface area (Å²) in [5.41, 5.74) is 0.826. The normalized spacial score (nSPS) is 17.2. The second kappa shape index (κ2) is 11.0. The lowest BCUT2D eigenvalue weighted by Crippen LogP contribution is -2.46. The molecule has 0 bridgehead atoms. The van der Waals surface area contributed by atoms with Gasteiger partial charge in [-0.2, -0.15) is 0 Å². The molecule has 3 rings (SSSR count). The highest BCUT2D eigenvalue weighted by Gasteiger charge is 2.34. The summed E-state index contributed by atoms with van der Waals surface area (Å²) in [5, 5.41) is 9.01. The first-order valence-corrected chi connectivity index (χ1v) is 10.8. The predicted octanol–water partition coefficient (Wildman–Crippen LogP) is 3.83. The Morgan fingerprint density at radius 1 is 1.27 bits per heavy atom. The molecule has 1 atom stereocenters. The van der Waals surface area contributed by atoms with Crippen LogP contribution >= 0.6 is 35.3 Å². The average molecular weight is 542 g/mol. The number of fused-ring (bicyclic) bond motifs is 1. The summed E-state index contributed by atoms with van der Waals surface area (Å²) in [6.07, 6.45) is 1.72. The lowest BCUT2D eigenvalue weighted by molar-refractivity contribution is -0.127. The summed E-state index contributed by atoms with van der Waals surface area (Å²) < 4.78 is 6.13. The van der Waals surface area contributed by atoms with Gasteiger partial charge in [0.15, 0.2) is 5.96 Å². The largest absolute Gasteiger partial charge is 0.487 e. The van der Waals surface area contributed by atoms with E-state index in [9.17, 15) is 4.79 Å². The maximum Gasteiger partial charge on any atom is 0.243 e. The molecular formula is C22H31IN4O2S. The van der Waals surface area contributed by atoms with Crippen LogP contribution in [0.2, 0.25) is 0 Å². The first-order chi connectivity index (χ1) is 13.8. The molecular weight excluding hydrogens is 511 g/mol. The Labute approximate surface area is 200 Å². The van der Waals surface area contributed by atoms with Crippen molar-refractivity contribution in [1.29, 1.82) is 0 Å². The number of nitrogens with zero attached hydrogens (tertiary/aromatic N) is 2. The molecule has 0 aliphatic carbocycles. The van der Waals surface area contributed by atoms with Gasteiger partial charge in [-0.25, -0.2) is 4.99 Å². The zero-order valence-corrected chi connectivity index (χ0v) is 21.1. The number of halogens is 1. The van der Waals surface area contributed by atoms with Gasteiger partial charge in [0.25, 0.3) is 0 Å². The molecule has 2 heterocycles. The van der Waals surface area contributed by atoms with Crippen LogP contribution in [0.5, 0.6) is 5.75 Å². The van der Waals surface area contributed by atoms with Crippen LogP contribution in [0.1, 0.15) is 36.8 Å². The number of nitrogens with one attached hydrogen (secondary N) is 2. The number of benzene rings is 1. The number of carbonyl (C=O) groups is 1. The van der Waals surface area contributed by atoms with E-state index >= 15 is 0 Å². The fourth-order valence-electron chi connectivity index (χ4n) is 3.30. The zero-order chi connectivity index (χ0) is 20.9. The van der Waals surface area contributed by atoms with Gasteiger partial charge in [0.05, 0.1) is 6.04 Å². The van der Waals surface area contributed by atoms with Crippen LogP contribution in [-0.4, -0.2) is 49.6 Å². The van der Waals surface area contributed by atoms with E-state index in [0.717, 1.165) is 30.7 Å². The Balaban J connectivity index is 0.00000320. The third-order valence-electron chi connectivity index (χ3n) is 4.80. The second-order valence-corrected chi connectivity index (χ2v) is 9.04. The van der Waals surface area contributed by atoms with Gasteiger partial charge in [0, 0.05) is 37.5 Å². The number of hydrogen-bond donors (Lipinski definition) is 2. The standard InChI is InChI=1S/C22H30N4O2S.HI/c1-22(2)14-18(17-9-5-6-10-19(17)28-22)25-21(24-15-20(27)26(3)4)23-12-11-16-8-7-13-29-16;/h5-10,13,18H,11-12,14-15H2,1-4H3,(H2,23,24,25);1H. The third-order valence-corrected chi connectivity index (χ3v) is 5.74. The number of para-hydroxylation sites is 1. The second-order valence-electron chi connectivity index (χ2n) is 8.01. The third kappa shape index (κ3) is 6.87. The van der Waals surface area contributed by atoms with E-state index in [-0.39, 0.29) is 48.1 Å². The van der Waals surface area contributed by atoms with Crippen molar-refractivity contribution in [2.24, 2.45) is 4.99 Å². The predicted molar refractivity (Wildman–Crippen MR) is 134 cm³/mol. The Bertz CT molecular complexity index is 853. The van der Waals surface area contributed by atoms with E-state index in [1.807, 2.05) is 18.2 Å².